The lowest BCUT2D eigenvalue weighted by Crippen LogP contribution is -2.35. The van der Waals surface area contributed by atoms with Gasteiger partial charge in [-0.05, 0) is 45.5 Å². The summed E-state index contributed by atoms with van der Waals surface area (Å²) >= 11 is 6.69. The van der Waals surface area contributed by atoms with E-state index in [1.165, 1.54) is 0 Å². The normalized spacial score (nSPS) is 17.4. The topological polar surface area (TPSA) is 86.4 Å². The van der Waals surface area contributed by atoms with E-state index in [9.17, 15) is 4.79 Å². The quantitative estimate of drug-likeness (QED) is 0.555. The van der Waals surface area contributed by atoms with Crippen molar-refractivity contribution in [1.29, 1.82) is 0 Å². The summed E-state index contributed by atoms with van der Waals surface area (Å²) in [5, 5.41) is 8.18. The van der Waals surface area contributed by atoms with Gasteiger partial charge in [-0.2, -0.15) is 5.10 Å². The number of carbonyl (C=O) groups excluding carboxylic acids is 1. The van der Waals surface area contributed by atoms with Crippen LogP contribution in [0, 0.1) is 0 Å². The number of hydrogen-bond acceptors (Lipinski definition) is 6. The molecule has 2 aromatic heterocycles. The van der Waals surface area contributed by atoms with Crippen LogP contribution in [0.1, 0.15) is 46.3 Å². The second kappa shape index (κ2) is 9.77. The van der Waals surface area contributed by atoms with Crippen LogP contribution in [0.5, 0.6) is 5.75 Å². The van der Waals surface area contributed by atoms with Crippen LogP contribution in [0.3, 0.4) is 0 Å². The third-order valence-electron chi connectivity index (χ3n) is 6.30. The highest BCUT2D eigenvalue weighted by molar-refractivity contribution is 6.33. The zero-order chi connectivity index (χ0) is 23.7. The summed E-state index contributed by atoms with van der Waals surface area (Å²) in [6, 6.07) is 5.33. The van der Waals surface area contributed by atoms with Crippen LogP contribution in [0.15, 0.2) is 30.7 Å². The lowest BCUT2D eigenvalue weighted by Gasteiger charge is -2.25. The standard InChI is InChI=1S/C24H29ClN6O3/c1-29(2)10-11-34-21-8-5-7-18(22(21)25)31-20-14-33-13-17(16(20)12-27-31)28-24(32)23-19-6-3-4-9-30(19)15-26-23/h5,7-8,12,15,17H,3-4,6,9-11,13-14H2,1-2H3,(H,28,32)/t17-/m0/s1. The Labute approximate surface area is 203 Å². The Kier molecular flexibility index (Phi) is 6.58. The molecule has 0 radical (unpaired) electrons. The van der Waals surface area contributed by atoms with Gasteiger partial charge in [0.2, 0.25) is 0 Å². The molecule has 0 saturated heterocycles. The fourth-order valence-corrected chi connectivity index (χ4v) is 4.74. The number of aryl methyl sites for hydroxylation is 1. The molecule has 2 aliphatic heterocycles. The maximum absolute atomic E-state index is 13.1. The molecule has 1 amide bonds. The van der Waals surface area contributed by atoms with Crippen LogP contribution >= 0.6 is 11.6 Å². The largest absolute Gasteiger partial charge is 0.491 e. The molecule has 0 aliphatic carbocycles. The number of aromatic nitrogens is 4. The molecular weight excluding hydrogens is 456 g/mol. The summed E-state index contributed by atoms with van der Waals surface area (Å²) < 4.78 is 15.6. The Morgan fingerprint density at radius 3 is 3.06 bits per heavy atom. The second-order valence-corrected chi connectivity index (χ2v) is 9.31. The van der Waals surface area contributed by atoms with Crippen molar-refractivity contribution < 1.29 is 14.3 Å². The molecule has 0 unspecified atom stereocenters. The van der Waals surface area contributed by atoms with Crippen molar-refractivity contribution in [2.24, 2.45) is 0 Å². The summed E-state index contributed by atoms with van der Waals surface area (Å²) in [4.78, 5) is 19.5. The van der Waals surface area contributed by atoms with E-state index in [0.717, 1.165) is 49.3 Å². The van der Waals surface area contributed by atoms with Gasteiger partial charge >= 0.3 is 0 Å². The number of halogens is 1. The van der Waals surface area contributed by atoms with Crippen LogP contribution < -0.4 is 10.1 Å². The van der Waals surface area contributed by atoms with E-state index >= 15 is 0 Å². The molecule has 1 N–H and O–H groups in total. The number of hydrogen-bond donors (Lipinski definition) is 1. The summed E-state index contributed by atoms with van der Waals surface area (Å²) in [6.07, 6.45) is 6.61. The molecule has 180 valence electrons. The fraction of sp³-hybridized carbons (Fsp3) is 0.458. The van der Waals surface area contributed by atoms with Gasteiger partial charge in [0.25, 0.3) is 5.91 Å². The zero-order valence-corrected chi connectivity index (χ0v) is 20.2. The monoisotopic (exact) mass is 484 g/mol. The molecular formula is C24H29ClN6O3. The zero-order valence-electron chi connectivity index (χ0n) is 19.5. The van der Waals surface area contributed by atoms with E-state index < -0.39 is 0 Å². The first-order chi connectivity index (χ1) is 16.5. The van der Waals surface area contributed by atoms with Crippen molar-refractivity contribution in [3.8, 4) is 11.4 Å². The molecule has 1 aromatic carbocycles. The minimum atomic E-state index is -0.316. The minimum Gasteiger partial charge on any atom is -0.491 e. The summed E-state index contributed by atoms with van der Waals surface area (Å²) in [5.41, 5.74) is 4.00. The highest BCUT2D eigenvalue weighted by Crippen LogP contribution is 2.34. The third kappa shape index (κ3) is 4.43. The molecule has 0 bridgehead atoms. The molecule has 2 aliphatic rings. The Morgan fingerprint density at radius 1 is 1.32 bits per heavy atom. The van der Waals surface area contributed by atoms with E-state index in [0.29, 0.717) is 42.0 Å². The molecule has 34 heavy (non-hydrogen) atoms. The Hall–Kier alpha value is -2.88. The first kappa shape index (κ1) is 22.9. The molecule has 3 aromatic rings. The van der Waals surface area contributed by atoms with Crippen LogP contribution in [-0.2, 0) is 24.3 Å². The maximum Gasteiger partial charge on any atom is 0.272 e. The van der Waals surface area contributed by atoms with Gasteiger partial charge in [0.15, 0.2) is 0 Å². The molecule has 9 nitrogen and oxygen atoms in total. The number of fused-ring (bicyclic) bond motifs is 2. The van der Waals surface area contributed by atoms with Gasteiger partial charge < -0.3 is 24.3 Å². The summed E-state index contributed by atoms with van der Waals surface area (Å²) in [7, 11) is 3.99. The van der Waals surface area contributed by atoms with Crippen molar-refractivity contribution in [2.45, 2.75) is 38.5 Å². The van der Waals surface area contributed by atoms with Crippen molar-refractivity contribution >= 4 is 17.5 Å². The van der Waals surface area contributed by atoms with Crippen LogP contribution in [0.25, 0.3) is 5.69 Å². The predicted molar refractivity (Wildman–Crippen MR) is 128 cm³/mol. The SMILES string of the molecule is CN(C)CCOc1cccc(-n2ncc3c2COC[C@@H]3NC(=O)c2ncn3c2CCCC3)c1Cl. The van der Waals surface area contributed by atoms with E-state index in [-0.39, 0.29) is 11.9 Å². The highest BCUT2D eigenvalue weighted by Gasteiger charge is 2.29. The highest BCUT2D eigenvalue weighted by atomic mass is 35.5. The van der Waals surface area contributed by atoms with Crippen LogP contribution in [0.4, 0.5) is 0 Å². The number of nitrogens with one attached hydrogen (secondary N) is 1. The van der Waals surface area contributed by atoms with Crippen molar-refractivity contribution in [1.82, 2.24) is 29.5 Å². The van der Waals surface area contributed by atoms with Gasteiger partial charge in [-0.15, -0.1) is 0 Å². The van der Waals surface area contributed by atoms with E-state index in [4.69, 9.17) is 21.1 Å². The number of rotatable bonds is 7. The lowest BCUT2D eigenvalue weighted by molar-refractivity contribution is 0.0684. The number of likely N-dealkylation sites (N-methyl/N-ethyl adjacent to an activating group) is 1. The first-order valence-corrected chi connectivity index (χ1v) is 12.0. The summed E-state index contributed by atoms with van der Waals surface area (Å²) in [6.45, 7) is 2.98. The van der Waals surface area contributed by atoms with Crippen molar-refractivity contribution in [3.63, 3.8) is 0 Å². The van der Waals surface area contributed by atoms with Gasteiger partial charge in [0, 0.05) is 18.7 Å². The average molecular weight is 485 g/mol. The lowest BCUT2D eigenvalue weighted by atomic mass is 10.0. The average Bonchev–Trinajstić information content (AvgIpc) is 3.45. The van der Waals surface area contributed by atoms with Gasteiger partial charge in [0.05, 0.1) is 48.9 Å². The molecule has 0 saturated carbocycles. The molecule has 5 rings (SSSR count). The second-order valence-electron chi connectivity index (χ2n) is 8.93. The third-order valence-corrected chi connectivity index (χ3v) is 6.68. The Morgan fingerprint density at radius 2 is 2.21 bits per heavy atom. The van der Waals surface area contributed by atoms with Gasteiger partial charge in [-0.1, -0.05) is 17.7 Å². The minimum absolute atomic E-state index is 0.181. The number of amides is 1. The van der Waals surface area contributed by atoms with E-state index in [2.05, 4.69) is 20.0 Å². The van der Waals surface area contributed by atoms with E-state index in [1.54, 1.807) is 17.2 Å². The van der Waals surface area contributed by atoms with Crippen molar-refractivity contribution in [2.75, 3.05) is 33.9 Å². The molecule has 10 heteroatoms. The van der Waals surface area contributed by atoms with Crippen LogP contribution in [0.2, 0.25) is 5.02 Å². The molecule has 4 heterocycles. The Bertz CT molecular complexity index is 1190. The van der Waals surface area contributed by atoms with Gasteiger partial charge in [-0.3, -0.25) is 4.79 Å². The Balaban J connectivity index is 1.37. The maximum atomic E-state index is 13.1. The number of benzene rings is 1. The smallest absolute Gasteiger partial charge is 0.272 e. The number of imidazole rings is 1. The number of carbonyl (C=O) groups is 1. The van der Waals surface area contributed by atoms with Crippen molar-refractivity contribution in [3.05, 3.63) is 58.4 Å². The molecule has 1 atom stereocenters. The molecule has 0 fully saturated rings. The van der Waals surface area contributed by atoms with Gasteiger partial charge in [-0.25, -0.2) is 9.67 Å². The first-order valence-electron chi connectivity index (χ1n) is 11.6. The number of nitrogens with zero attached hydrogens (tertiary/aromatic N) is 5. The molecule has 0 spiro atoms. The van der Waals surface area contributed by atoms with Crippen LogP contribution in [-0.4, -0.2) is 64.0 Å². The fourth-order valence-electron chi connectivity index (χ4n) is 4.48. The predicted octanol–water partition coefficient (Wildman–Crippen LogP) is 3.00. The summed E-state index contributed by atoms with van der Waals surface area (Å²) in [5.74, 6) is 0.426. The number of ether oxygens (including phenoxy) is 2. The van der Waals surface area contributed by atoms with Gasteiger partial charge in [0.1, 0.15) is 23.1 Å². The van der Waals surface area contributed by atoms with E-state index in [1.807, 2.05) is 37.2 Å².